The minimum Gasteiger partial charge on any atom is -0.468 e. The summed E-state index contributed by atoms with van der Waals surface area (Å²) in [7, 11) is 1.29. The van der Waals surface area contributed by atoms with Gasteiger partial charge in [-0.3, -0.25) is 9.59 Å². The average Bonchev–Trinajstić information content (AvgIpc) is 2.28. The molecule has 0 saturated carbocycles. The van der Waals surface area contributed by atoms with Gasteiger partial charge in [0.15, 0.2) is 5.78 Å². The monoisotopic (exact) mass is 251 g/mol. The van der Waals surface area contributed by atoms with E-state index >= 15 is 0 Å². The van der Waals surface area contributed by atoms with Crippen LogP contribution in [0.2, 0.25) is 0 Å². The zero-order chi connectivity index (χ0) is 13.9. The van der Waals surface area contributed by atoms with Crippen molar-refractivity contribution in [2.75, 3.05) is 7.11 Å². The van der Waals surface area contributed by atoms with E-state index in [2.05, 4.69) is 0 Å². The molecule has 1 atom stereocenters. The number of Topliss-reactive ketones (excluding diaryl/α,β-unsaturated/α-hetero) is 1. The van der Waals surface area contributed by atoms with Crippen LogP contribution in [0.1, 0.15) is 40.0 Å². The number of nitrogens with one attached hydrogen (secondary N) is 1. The van der Waals surface area contributed by atoms with Crippen LogP contribution in [-0.2, 0) is 14.3 Å². The summed E-state index contributed by atoms with van der Waals surface area (Å²) >= 11 is 0. The Morgan fingerprint density at radius 1 is 1.56 bits per heavy atom. The van der Waals surface area contributed by atoms with Gasteiger partial charge in [0.05, 0.1) is 7.11 Å². The highest BCUT2D eigenvalue weighted by atomic mass is 16.5. The van der Waals surface area contributed by atoms with E-state index in [1.807, 2.05) is 20.8 Å². The van der Waals surface area contributed by atoms with Crippen molar-refractivity contribution in [1.82, 2.24) is 0 Å². The van der Waals surface area contributed by atoms with Crippen LogP contribution in [0, 0.1) is 16.7 Å². The average molecular weight is 251 g/mol. The van der Waals surface area contributed by atoms with Gasteiger partial charge in [-0.1, -0.05) is 33.3 Å². The molecule has 4 nitrogen and oxygen atoms in total. The van der Waals surface area contributed by atoms with E-state index in [4.69, 9.17) is 10.1 Å². The molecular formula is C14H21NO3. The number of ether oxygens (including phenoxy) is 1. The minimum atomic E-state index is -0.792. The van der Waals surface area contributed by atoms with Gasteiger partial charge >= 0.3 is 5.97 Å². The summed E-state index contributed by atoms with van der Waals surface area (Å²) in [5.41, 5.74) is 0.277. The van der Waals surface area contributed by atoms with E-state index in [0.717, 1.165) is 6.42 Å². The molecule has 1 aliphatic carbocycles. The fourth-order valence-electron chi connectivity index (χ4n) is 2.29. The highest BCUT2D eigenvalue weighted by Crippen LogP contribution is 2.39. The Bertz CT molecular complexity index is 407. The Morgan fingerprint density at radius 2 is 2.17 bits per heavy atom. The molecule has 1 rings (SSSR count). The molecule has 0 aromatic heterocycles. The molecule has 0 amide bonds. The van der Waals surface area contributed by atoms with Crippen LogP contribution in [0.3, 0.4) is 0 Å². The largest absolute Gasteiger partial charge is 0.468 e. The second-order valence-corrected chi connectivity index (χ2v) is 5.36. The first-order valence-corrected chi connectivity index (χ1v) is 6.25. The number of esters is 1. The molecule has 0 aliphatic heterocycles. The Labute approximate surface area is 108 Å². The summed E-state index contributed by atoms with van der Waals surface area (Å²) in [6, 6.07) is 0. The predicted molar refractivity (Wildman–Crippen MR) is 69.6 cm³/mol. The van der Waals surface area contributed by atoms with Gasteiger partial charge < -0.3 is 10.1 Å². The molecule has 1 N–H and O–H groups in total. The molecule has 1 aliphatic rings. The summed E-state index contributed by atoms with van der Waals surface area (Å²) in [5, 5.41) is 7.89. The second kappa shape index (κ2) is 5.46. The number of allylic oxidation sites excluding steroid dienone is 2. The Kier molecular flexibility index (Phi) is 4.43. The van der Waals surface area contributed by atoms with E-state index in [1.54, 1.807) is 6.08 Å². The van der Waals surface area contributed by atoms with E-state index in [-0.39, 0.29) is 5.78 Å². The maximum Gasteiger partial charge on any atom is 0.317 e. The van der Waals surface area contributed by atoms with Crippen LogP contribution in [-0.4, -0.2) is 24.6 Å². The molecule has 4 heteroatoms. The lowest BCUT2D eigenvalue weighted by atomic mass is 9.68. The maximum absolute atomic E-state index is 12.3. The Hall–Kier alpha value is -1.45. The van der Waals surface area contributed by atoms with Crippen LogP contribution < -0.4 is 0 Å². The summed E-state index contributed by atoms with van der Waals surface area (Å²) in [4.78, 5) is 24.1. The highest BCUT2D eigenvalue weighted by Gasteiger charge is 2.45. The molecule has 0 aromatic carbocycles. The molecule has 0 aromatic rings. The Morgan fingerprint density at radius 3 is 2.67 bits per heavy atom. The number of carbonyl (C=O) groups excluding carboxylic acids is 2. The first-order chi connectivity index (χ1) is 8.35. The van der Waals surface area contributed by atoms with Gasteiger partial charge in [0.25, 0.3) is 0 Å². The van der Waals surface area contributed by atoms with E-state index in [0.29, 0.717) is 24.1 Å². The number of hydrogen-bond donors (Lipinski definition) is 1. The lowest BCUT2D eigenvalue weighted by Gasteiger charge is -2.34. The molecule has 0 bridgehead atoms. The van der Waals surface area contributed by atoms with Crippen molar-refractivity contribution in [2.45, 2.75) is 40.0 Å². The summed E-state index contributed by atoms with van der Waals surface area (Å²) in [5.74, 6) is -1.56. The molecule has 0 fully saturated rings. The SMILES string of the molecule is CCCC(=N)C1=CCC(C)(C)C(C(=O)OC)C1=O. The molecule has 0 heterocycles. The van der Waals surface area contributed by atoms with Crippen molar-refractivity contribution in [3.05, 3.63) is 11.6 Å². The van der Waals surface area contributed by atoms with Crippen LogP contribution in [0.5, 0.6) is 0 Å². The summed E-state index contributed by atoms with van der Waals surface area (Å²) in [6.45, 7) is 5.72. The highest BCUT2D eigenvalue weighted by molar-refractivity contribution is 6.26. The number of rotatable bonds is 4. The van der Waals surface area contributed by atoms with Crippen molar-refractivity contribution in [2.24, 2.45) is 11.3 Å². The lowest BCUT2D eigenvalue weighted by Crippen LogP contribution is -2.42. The molecule has 0 radical (unpaired) electrons. The van der Waals surface area contributed by atoms with Crippen molar-refractivity contribution in [3.63, 3.8) is 0 Å². The fourth-order valence-corrected chi connectivity index (χ4v) is 2.29. The zero-order valence-electron chi connectivity index (χ0n) is 11.5. The molecule has 1 unspecified atom stereocenters. The second-order valence-electron chi connectivity index (χ2n) is 5.36. The quantitative estimate of drug-likeness (QED) is 0.474. The first kappa shape index (κ1) is 14.6. The lowest BCUT2D eigenvalue weighted by molar-refractivity contribution is -0.153. The molecular weight excluding hydrogens is 230 g/mol. The topological polar surface area (TPSA) is 67.2 Å². The zero-order valence-corrected chi connectivity index (χ0v) is 11.5. The van der Waals surface area contributed by atoms with Crippen molar-refractivity contribution < 1.29 is 14.3 Å². The normalized spacial score (nSPS) is 22.3. The minimum absolute atomic E-state index is 0.267. The van der Waals surface area contributed by atoms with Gasteiger partial charge in [-0.2, -0.15) is 0 Å². The van der Waals surface area contributed by atoms with Gasteiger partial charge in [-0.15, -0.1) is 0 Å². The van der Waals surface area contributed by atoms with Crippen molar-refractivity contribution >= 4 is 17.5 Å². The molecule has 18 heavy (non-hydrogen) atoms. The molecule has 0 spiro atoms. The van der Waals surface area contributed by atoms with Gasteiger partial charge in [-0.05, 0) is 18.3 Å². The van der Waals surface area contributed by atoms with Crippen molar-refractivity contribution in [1.29, 1.82) is 5.41 Å². The smallest absolute Gasteiger partial charge is 0.317 e. The van der Waals surface area contributed by atoms with Gasteiger partial charge in [0, 0.05) is 11.3 Å². The van der Waals surface area contributed by atoms with E-state index in [1.165, 1.54) is 7.11 Å². The standard InChI is InChI=1S/C14H21NO3/c1-5-6-10(15)9-7-8-14(2,3)11(12(9)16)13(17)18-4/h7,11,15H,5-6,8H2,1-4H3. The van der Waals surface area contributed by atoms with E-state index in [9.17, 15) is 9.59 Å². The molecule has 100 valence electrons. The summed E-state index contributed by atoms with van der Waals surface area (Å²) < 4.78 is 4.73. The van der Waals surface area contributed by atoms with Crippen LogP contribution in [0.4, 0.5) is 0 Å². The van der Waals surface area contributed by atoms with Gasteiger partial charge in [-0.25, -0.2) is 0 Å². The first-order valence-electron chi connectivity index (χ1n) is 6.25. The van der Waals surface area contributed by atoms with Crippen molar-refractivity contribution in [3.8, 4) is 0 Å². The van der Waals surface area contributed by atoms with Crippen LogP contribution in [0.15, 0.2) is 11.6 Å². The van der Waals surface area contributed by atoms with Gasteiger partial charge in [0.1, 0.15) is 5.92 Å². The van der Waals surface area contributed by atoms with E-state index < -0.39 is 17.3 Å². The third-order valence-corrected chi connectivity index (χ3v) is 3.40. The van der Waals surface area contributed by atoms with Gasteiger partial charge in [0.2, 0.25) is 0 Å². The number of hydrogen-bond acceptors (Lipinski definition) is 4. The number of methoxy groups -OCH3 is 1. The number of ketones is 1. The predicted octanol–water partition coefficient (Wildman–Crippen LogP) is 2.52. The van der Waals surface area contributed by atoms with Crippen LogP contribution in [0.25, 0.3) is 0 Å². The number of carbonyl (C=O) groups is 2. The molecule has 0 saturated heterocycles. The fraction of sp³-hybridized carbons (Fsp3) is 0.643. The maximum atomic E-state index is 12.3. The van der Waals surface area contributed by atoms with Crippen LogP contribution >= 0.6 is 0 Å². The third kappa shape index (κ3) is 2.68. The Balaban J connectivity index is 3.07. The third-order valence-electron chi connectivity index (χ3n) is 3.40. The summed E-state index contributed by atoms with van der Waals surface area (Å²) in [6.07, 6.45) is 3.78.